The molecule has 0 spiro atoms. The van der Waals surface area contributed by atoms with Gasteiger partial charge in [0.25, 0.3) is 0 Å². The molecule has 2 aromatic heterocycles. The first kappa shape index (κ1) is 28.0. The number of benzene rings is 3. The van der Waals surface area contributed by atoms with Gasteiger partial charge in [0.05, 0.1) is 16.7 Å². The Kier molecular flexibility index (Phi) is 6.82. The number of phenolic OH excluding ortho intramolecular Hbond substituents is 1. The highest BCUT2D eigenvalue weighted by molar-refractivity contribution is 6.01. The lowest BCUT2D eigenvalue weighted by Gasteiger charge is -2.41. The summed E-state index contributed by atoms with van der Waals surface area (Å²) < 4.78 is 6.59. The third kappa shape index (κ3) is 4.86. The summed E-state index contributed by atoms with van der Waals surface area (Å²) in [5, 5.41) is 13.8. The molecule has 8 nitrogen and oxygen atoms in total. The van der Waals surface area contributed by atoms with Crippen LogP contribution in [-0.4, -0.2) is 80.3 Å². The van der Waals surface area contributed by atoms with Crippen LogP contribution >= 0.6 is 0 Å². The fourth-order valence-corrected chi connectivity index (χ4v) is 8.86. The smallest absolute Gasteiger partial charge is 0.319 e. The number of rotatable bonds is 7. The molecular weight excluding hydrogens is 572 g/mol. The maximum Gasteiger partial charge on any atom is 0.319 e. The van der Waals surface area contributed by atoms with Crippen molar-refractivity contribution in [2.24, 2.45) is 0 Å². The van der Waals surface area contributed by atoms with E-state index in [-0.39, 0.29) is 11.3 Å². The summed E-state index contributed by atoms with van der Waals surface area (Å²) in [6.07, 6.45) is 9.11. The molecule has 9 rings (SSSR count). The van der Waals surface area contributed by atoms with Crippen molar-refractivity contribution in [2.45, 2.75) is 62.7 Å². The van der Waals surface area contributed by atoms with Crippen LogP contribution < -0.4 is 9.64 Å². The van der Waals surface area contributed by atoms with E-state index in [2.05, 4.69) is 56.1 Å². The van der Waals surface area contributed by atoms with Gasteiger partial charge in [-0.15, -0.1) is 0 Å². The minimum atomic E-state index is 0.122. The zero-order chi connectivity index (χ0) is 30.7. The van der Waals surface area contributed by atoms with Crippen molar-refractivity contribution in [3.05, 3.63) is 84.7 Å². The van der Waals surface area contributed by atoms with E-state index in [1.54, 1.807) is 0 Å². The molecule has 8 heteroatoms. The molecule has 4 fully saturated rings. The van der Waals surface area contributed by atoms with Crippen LogP contribution in [0.3, 0.4) is 0 Å². The highest BCUT2D eigenvalue weighted by Crippen LogP contribution is 2.41. The maximum atomic E-state index is 10.6. The van der Waals surface area contributed by atoms with Gasteiger partial charge in [0.15, 0.2) is 0 Å². The molecule has 4 aliphatic rings. The van der Waals surface area contributed by atoms with Crippen molar-refractivity contribution in [3.63, 3.8) is 0 Å². The Hall–Kier alpha value is -4.27. The average molecular weight is 613 g/mol. The Bertz CT molecular complexity index is 1890. The highest BCUT2D eigenvalue weighted by Gasteiger charge is 2.45. The second-order valence-corrected chi connectivity index (χ2v) is 13.8. The van der Waals surface area contributed by atoms with E-state index >= 15 is 0 Å². The molecule has 0 aliphatic carbocycles. The predicted molar refractivity (Wildman–Crippen MR) is 181 cm³/mol. The van der Waals surface area contributed by atoms with E-state index in [0.717, 1.165) is 63.9 Å². The van der Waals surface area contributed by atoms with E-state index in [0.29, 0.717) is 24.7 Å². The number of pyridine rings is 1. The Balaban J connectivity index is 1.09. The van der Waals surface area contributed by atoms with E-state index in [9.17, 15) is 5.11 Å². The molecule has 4 aliphatic heterocycles. The van der Waals surface area contributed by atoms with Crippen LogP contribution in [0.15, 0.2) is 79.0 Å². The molecule has 1 N–H and O–H groups in total. The standard InChI is InChI=1S/C38H40N6O2/c45-31-19-26-7-1-2-9-32(26)34(21-31)27-10-13-33-35(20-27)40-37(46-25-38-14-5-17-43(38)18-6-15-38)41-36(33)42-23-29-11-12-30(24-42)44(29)22-28-8-3-4-16-39-28/h1-4,7-10,13,16,19-21,29-30,45H,5-6,11-12,14-15,17-18,22-25H2/t29-,30+. The predicted octanol–water partition coefficient (Wildman–Crippen LogP) is 6.41. The Morgan fingerprint density at radius 1 is 0.848 bits per heavy atom. The second kappa shape index (κ2) is 11.2. The largest absolute Gasteiger partial charge is 0.508 e. The summed E-state index contributed by atoms with van der Waals surface area (Å²) in [4.78, 5) is 22.6. The minimum Gasteiger partial charge on any atom is -0.508 e. The minimum absolute atomic E-state index is 0.122. The van der Waals surface area contributed by atoms with E-state index < -0.39 is 0 Å². The normalized spacial score (nSPS) is 22.6. The van der Waals surface area contributed by atoms with Crippen molar-refractivity contribution in [3.8, 4) is 22.9 Å². The number of hydrogen-bond donors (Lipinski definition) is 1. The van der Waals surface area contributed by atoms with Gasteiger partial charge in [0.1, 0.15) is 18.2 Å². The maximum absolute atomic E-state index is 10.6. The molecule has 6 heterocycles. The van der Waals surface area contributed by atoms with Gasteiger partial charge in [-0.2, -0.15) is 9.97 Å². The van der Waals surface area contributed by atoms with E-state index in [4.69, 9.17) is 14.7 Å². The third-order valence-electron chi connectivity index (χ3n) is 11.1. The van der Waals surface area contributed by atoms with Crippen LogP contribution in [0.1, 0.15) is 44.2 Å². The summed E-state index contributed by atoms with van der Waals surface area (Å²) in [6, 6.07) is 25.9. The lowest BCUT2D eigenvalue weighted by atomic mass is 9.95. The number of fused-ring (bicyclic) bond motifs is 5. The lowest BCUT2D eigenvalue weighted by molar-refractivity contribution is 0.107. The van der Waals surface area contributed by atoms with Crippen molar-refractivity contribution in [2.75, 3.05) is 37.7 Å². The molecule has 0 radical (unpaired) electrons. The monoisotopic (exact) mass is 612 g/mol. The molecule has 234 valence electrons. The van der Waals surface area contributed by atoms with Crippen LogP contribution in [0.5, 0.6) is 11.8 Å². The summed E-state index contributed by atoms with van der Waals surface area (Å²) in [7, 11) is 0. The summed E-state index contributed by atoms with van der Waals surface area (Å²) in [5.74, 6) is 1.23. The zero-order valence-electron chi connectivity index (χ0n) is 26.2. The number of phenols is 1. The van der Waals surface area contributed by atoms with Gasteiger partial charge in [0.2, 0.25) is 0 Å². The number of piperazine rings is 1. The first-order chi connectivity index (χ1) is 22.6. The molecule has 2 atom stereocenters. The van der Waals surface area contributed by atoms with Gasteiger partial charge < -0.3 is 14.7 Å². The molecule has 3 aromatic carbocycles. The van der Waals surface area contributed by atoms with E-state index in [1.807, 2.05) is 42.6 Å². The molecule has 0 unspecified atom stereocenters. The van der Waals surface area contributed by atoms with Gasteiger partial charge in [-0.3, -0.25) is 14.8 Å². The molecule has 0 amide bonds. The second-order valence-electron chi connectivity index (χ2n) is 13.8. The molecule has 4 saturated heterocycles. The van der Waals surface area contributed by atoms with Gasteiger partial charge in [0, 0.05) is 43.3 Å². The highest BCUT2D eigenvalue weighted by atomic mass is 16.5. The van der Waals surface area contributed by atoms with Crippen LogP contribution in [0.2, 0.25) is 0 Å². The Morgan fingerprint density at radius 3 is 2.46 bits per heavy atom. The molecule has 0 saturated carbocycles. The van der Waals surface area contributed by atoms with Crippen LogP contribution in [-0.2, 0) is 6.54 Å². The SMILES string of the molecule is Oc1cc(-c2ccc3c(N4C[C@H]5CC[C@@H](C4)N5Cc4ccccn4)nc(OCC45CCCN4CCC5)nc3c2)c2ccccc2c1. The summed E-state index contributed by atoms with van der Waals surface area (Å²) in [6.45, 7) is 5.71. The van der Waals surface area contributed by atoms with Gasteiger partial charge in [-0.05, 0) is 110 Å². The molecular formula is C38H40N6O2. The molecule has 2 bridgehead atoms. The topological polar surface area (TPSA) is 77.8 Å². The van der Waals surface area contributed by atoms with Crippen LogP contribution in [0.25, 0.3) is 32.8 Å². The number of aromatic hydroxyl groups is 1. The van der Waals surface area contributed by atoms with Crippen molar-refractivity contribution in [1.82, 2.24) is 24.8 Å². The number of ether oxygens (including phenoxy) is 1. The number of anilines is 1. The van der Waals surface area contributed by atoms with Crippen molar-refractivity contribution < 1.29 is 9.84 Å². The van der Waals surface area contributed by atoms with Crippen molar-refractivity contribution in [1.29, 1.82) is 0 Å². The van der Waals surface area contributed by atoms with Crippen LogP contribution in [0, 0.1) is 0 Å². The first-order valence-electron chi connectivity index (χ1n) is 16.9. The Labute approximate surface area is 269 Å². The third-order valence-corrected chi connectivity index (χ3v) is 11.1. The fraction of sp³-hybridized carbons (Fsp3) is 0.395. The van der Waals surface area contributed by atoms with E-state index in [1.165, 1.54) is 51.6 Å². The zero-order valence-corrected chi connectivity index (χ0v) is 26.2. The fourth-order valence-electron chi connectivity index (χ4n) is 8.86. The number of hydrogen-bond acceptors (Lipinski definition) is 8. The first-order valence-corrected chi connectivity index (χ1v) is 16.9. The van der Waals surface area contributed by atoms with Gasteiger partial charge >= 0.3 is 6.01 Å². The quantitative estimate of drug-likeness (QED) is 0.226. The van der Waals surface area contributed by atoms with Crippen molar-refractivity contribution >= 4 is 27.5 Å². The van der Waals surface area contributed by atoms with Gasteiger partial charge in [-0.1, -0.05) is 36.4 Å². The number of nitrogens with zero attached hydrogens (tertiary/aromatic N) is 6. The lowest BCUT2D eigenvalue weighted by Crippen LogP contribution is -2.53. The molecule has 46 heavy (non-hydrogen) atoms. The molecule has 5 aromatic rings. The number of aromatic nitrogens is 3. The Morgan fingerprint density at radius 2 is 1.65 bits per heavy atom. The van der Waals surface area contributed by atoms with Gasteiger partial charge in [-0.25, -0.2) is 0 Å². The summed E-state index contributed by atoms with van der Waals surface area (Å²) >= 11 is 0. The summed E-state index contributed by atoms with van der Waals surface area (Å²) in [5.41, 5.74) is 4.15. The van der Waals surface area contributed by atoms with Crippen LogP contribution in [0.4, 0.5) is 5.82 Å². The average Bonchev–Trinajstić information content (AvgIpc) is 3.73.